The minimum atomic E-state index is -0.223. The highest BCUT2D eigenvalue weighted by Crippen LogP contribution is 2.27. The number of carbonyl (C=O) groups excluding carboxylic acids is 2. The van der Waals surface area contributed by atoms with E-state index < -0.39 is 0 Å². The molecule has 0 N–H and O–H groups in total. The number of aryl methyl sites for hydroxylation is 1. The Labute approximate surface area is 228 Å². The topological polar surface area (TPSA) is 86.6 Å². The average Bonchev–Trinajstić information content (AvgIpc) is 3.42. The van der Waals surface area contributed by atoms with Crippen LogP contribution in [-0.4, -0.2) is 57.1 Å². The summed E-state index contributed by atoms with van der Waals surface area (Å²) in [7, 11) is 0. The highest BCUT2D eigenvalue weighted by Gasteiger charge is 2.34. The number of nitrogens with zero attached hydrogens (tertiary/aromatic N) is 4. The molecule has 39 heavy (non-hydrogen) atoms. The molecule has 0 atom stereocenters. The van der Waals surface area contributed by atoms with Crippen LogP contribution in [-0.2, 0) is 22.6 Å². The van der Waals surface area contributed by atoms with E-state index >= 15 is 0 Å². The maximum Gasteiger partial charge on any atom is 0.261 e. The fraction of sp³-hybridized carbons (Fsp3) is 0.355. The van der Waals surface area contributed by atoms with Crippen molar-refractivity contribution < 1.29 is 19.1 Å². The van der Waals surface area contributed by atoms with Gasteiger partial charge in [0.05, 0.1) is 34.5 Å². The molecule has 2 amide bonds. The van der Waals surface area contributed by atoms with Crippen LogP contribution in [0.15, 0.2) is 54.7 Å². The molecule has 202 valence electrons. The Balaban J connectivity index is 1.33. The molecule has 0 bridgehead atoms. The third-order valence-electron chi connectivity index (χ3n) is 6.80. The minimum Gasteiger partial charge on any atom is -0.379 e. The van der Waals surface area contributed by atoms with Crippen LogP contribution in [0.1, 0.15) is 65.7 Å². The Morgan fingerprint density at radius 2 is 1.77 bits per heavy atom. The Hall–Kier alpha value is -3.88. The van der Waals surface area contributed by atoms with Crippen molar-refractivity contribution in [1.29, 1.82) is 0 Å². The molecule has 8 nitrogen and oxygen atoms in total. The highest BCUT2D eigenvalue weighted by molar-refractivity contribution is 6.21. The van der Waals surface area contributed by atoms with Gasteiger partial charge in [-0.2, -0.15) is 0 Å². The average molecular weight is 527 g/mol. The summed E-state index contributed by atoms with van der Waals surface area (Å²) < 4.78 is 13.7. The maximum absolute atomic E-state index is 12.6. The molecule has 0 aliphatic carbocycles. The molecule has 2 aromatic carbocycles. The largest absolute Gasteiger partial charge is 0.379 e. The summed E-state index contributed by atoms with van der Waals surface area (Å²) in [6.45, 7) is 8.96. The van der Waals surface area contributed by atoms with Crippen LogP contribution in [0.3, 0.4) is 0 Å². The van der Waals surface area contributed by atoms with Gasteiger partial charge in [-0.05, 0) is 57.4 Å². The van der Waals surface area contributed by atoms with Crippen molar-refractivity contribution in [2.45, 2.75) is 52.9 Å². The van der Waals surface area contributed by atoms with Crippen LogP contribution in [0.25, 0.3) is 28.0 Å². The SMILES string of the molecule is CCOCc1nc2cnc3cc(C=CCCN4C(=O)c5ccccc5C4=O)ccc3c2n1CCCOC(C)C. The van der Waals surface area contributed by atoms with Gasteiger partial charge in [0, 0.05) is 31.7 Å². The zero-order chi connectivity index (χ0) is 27.4. The lowest BCUT2D eigenvalue weighted by Crippen LogP contribution is -2.30. The van der Waals surface area contributed by atoms with Gasteiger partial charge in [-0.15, -0.1) is 0 Å². The van der Waals surface area contributed by atoms with E-state index in [9.17, 15) is 9.59 Å². The first kappa shape index (κ1) is 26.7. The summed E-state index contributed by atoms with van der Waals surface area (Å²) in [5, 5.41) is 1.04. The van der Waals surface area contributed by atoms with Gasteiger partial charge in [-0.25, -0.2) is 4.98 Å². The van der Waals surface area contributed by atoms with Crippen molar-refractivity contribution in [3.05, 3.63) is 77.3 Å². The number of hydrogen-bond acceptors (Lipinski definition) is 6. The Bertz CT molecular complexity index is 1500. The van der Waals surface area contributed by atoms with Gasteiger partial charge in [0.15, 0.2) is 0 Å². The second kappa shape index (κ2) is 11.9. The Kier molecular flexibility index (Phi) is 8.14. The van der Waals surface area contributed by atoms with Crippen LogP contribution >= 0.6 is 0 Å². The van der Waals surface area contributed by atoms with E-state index in [1.165, 1.54) is 4.90 Å². The number of imidazole rings is 1. The molecule has 1 aliphatic heterocycles. The van der Waals surface area contributed by atoms with Gasteiger partial charge in [0.25, 0.3) is 11.8 Å². The standard InChI is InChI=1S/C31H34N4O4/c1-4-38-20-28-33-27-19-32-26-18-22(13-14-25(26)29(27)34(28)16-9-17-39-21(2)3)10-7-8-15-35-30(36)23-11-5-6-12-24(23)31(35)37/h5-7,10-14,18-19,21H,4,8-9,15-17,20H2,1-3H3. The summed E-state index contributed by atoms with van der Waals surface area (Å²) in [5.74, 6) is 0.445. The lowest BCUT2D eigenvalue weighted by atomic mass is 10.1. The van der Waals surface area contributed by atoms with Crippen LogP contribution < -0.4 is 0 Å². The number of rotatable bonds is 12. The monoisotopic (exact) mass is 526 g/mol. The molecular formula is C31H34N4O4. The van der Waals surface area contributed by atoms with Crippen molar-refractivity contribution in [1.82, 2.24) is 19.4 Å². The fourth-order valence-electron chi connectivity index (χ4n) is 4.93. The van der Waals surface area contributed by atoms with Gasteiger partial charge in [0.2, 0.25) is 0 Å². The van der Waals surface area contributed by atoms with E-state index in [0.29, 0.717) is 43.9 Å². The minimum absolute atomic E-state index is 0.205. The molecule has 1 aliphatic rings. The van der Waals surface area contributed by atoms with Crippen LogP contribution in [0, 0.1) is 0 Å². The van der Waals surface area contributed by atoms with Crippen molar-refractivity contribution >= 4 is 39.8 Å². The number of aromatic nitrogens is 3. The van der Waals surface area contributed by atoms with Gasteiger partial charge >= 0.3 is 0 Å². The van der Waals surface area contributed by atoms with Crippen LogP contribution in [0.2, 0.25) is 0 Å². The van der Waals surface area contributed by atoms with Gasteiger partial charge < -0.3 is 14.0 Å². The highest BCUT2D eigenvalue weighted by atomic mass is 16.5. The van der Waals surface area contributed by atoms with E-state index in [4.69, 9.17) is 14.5 Å². The third-order valence-corrected chi connectivity index (χ3v) is 6.80. The van der Waals surface area contributed by atoms with Crippen molar-refractivity contribution in [2.24, 2.45) is 0 Å². The zero-order valence-electron chi connectivity index (χ0n) is 22.7. The number of carbonyl (C=O) groups is 2. The first-order valence-electron chi connectivity index (χ1n) is 13.6. The van der Waals surface area contributed by atoms with E-state index in [0.717, 1.165) is 46.3 Å². The predicted octanol–water partition coefficient (Wildman–Crippen LogP) is 5.64. The number of amides is 2. The molecule has 0 saturated heterocycles. The normalized spacial score (nSPS) is 13.6. The number of benzene rings is 2. The summed E-state index contributed by atoms with van der Waals surface area (Å²) in [5.41, 5.74) is 4.76. The lowest BCUT2D eigenvalue weighted by Gasteiger charge is -2.12. The Morgan fingerprint density at radius 3 is 2.49 bits per heavy atom. The predicted molar refractivity (Wildman–Crippen MR) is 152 cm³/mol. The molecule has 2 aromatic heterocycles. The van der Waals surface area contributed by atoms with Crippen LogP contribution in [0.5, 0.6) is 0 Å². The molecule has 8 heteroatoms. The molecule has 0 fully saturated rings. The first-order valence-corrected chi connectivity index (χ1v) is 13.6. The third kappa shape index (κ3) is 5.62. The van der Waals surface area contributed by atoms with Gasteiger partial charge in [-0.1, -0.05) is 36.4 Å². The first-order chi connectivity index (χ1) is 19.0. The molecular weight excluding hydrogens is 492 g/mol. The van der Waals surface area contributed by atoms with Gasteiger partial charge in [-0.3, -0.25) is 19.5 Å². The van der Waals surface area contributed by atoms with Crippen molar-refractivity contribution in [3.63, 3.8) is 0 Å². The molecule has 4 aromatic rings. The summed E-state index contributed by atoms with van der Waals surface area (Å²) in [4.78, 5) is 36.0. The summed E-state index contributed by atoms with van der Waals surface area (Å²) in [6.07, 6.45) is 7.47. The molecule has 0 radical (unpaired) electrons. The number of pyridine rings is 1. The summed E-state index contributed by atoms with van der Waals surface area (Å²) >= 11 is 0. The quantitative estimate of drug-likeness (QED) is 0.176. The fourth-order valence-corrected chi connectivity index (χ4v) is 4.93. The smallest absolute Gasteiger partial charge is 0.261 e. The van der Waals surface area contributed by atoms with E-state index in [-0.39, 0.29) is 17.9 Å². The molecule has 0 unspecified atom stereocenters. The Morgan fingerprint density at radius 1 is 1.00 bits per heavy atom. The number of hydrogen-bond donors (Lipinski definition) is 0. The summed E-state index contributed by atoms with van der Waals surface area (Å²) in [6, 6.07) is 13.2. The van der Waals surface area contributed by atoms with E-state index in [1.54, 1.807) is 24.3 Å². The second-order valence-electron chi connectivity index (χ2n) is 9.86. The van der Waals surface area contributed by atoms with E-state index in [2.05, 4.69) is 27.8 Å². The maximum atomic E-state index is 12.6. The molecule has 0 saturated carbocycles. The zero-order valence-corrected chi connectivity index (χ0v) is 22.7. The molecule has 0 spiro atoms. The lowest BCUT2D eigenvalue weighted by molar-refractivity contribution is 0.0656. The molecule has 5 rings (SSSR count). The van der Waals surface area contributed by atoms with Crippen molar-refractivity contribution in [3.8, 4) is 0 Å². The van der Waals surface area contributed by atoms with Crippen LogP contribution in [0.4, 0.5) is 0 Å². The van der Waals surface area contributed by atoms with Gasteiger partial charge in [0.1, 0.15) is 17.9 Å². The van der Waals surface area contributed by atoms with E-state index in [1.807, 2.05) is 39.1 Å². The van der Waals surface area contributed by atoms with Crippen molar-refractivity contribution in [2.75, 3.05) is 19.8 Å². The number of ether oxygens (including phenoxy) is 2. The number of imide groups is 1. The second-order valence-corrected chi connectivity index (χ2v) is 9.86. The molecule has 3 heterocycles. The number of fused-ring (bicyclic) bond motifs is 4.